The van der Waals surface area contributed by atoms with Crippen molar-refractivity contribution >= 4 is 0 Å². The maximum absolute atomic E-state index is 6.27. The van der Waals surface area contributed by atoms with Crippen LogP contribution in [0, 0.1) is 23.2 Å². The molecule has 88 valence electrons. The summed E-state index contributed by atoms with van der Waals surface area (Å²) in [5, 5.41) is 0. The van der Waals surface area contributed by atoms with E-state index in [-0.39, 0.29) is 0 Å². The molecule has 1 heteroatoms. The van der Waals surface area contributed by atoms with E-state index >= 15 is 0 Å². The second kappa shape index (κ2) is 4.08. The molecule has 1 nitrogen and oxygen atoms in total. The zero-order valence-electron chi connectivity index (χ0n) is 10.6. The molecule has 0 aromatic carbocycles. The molecule has 2 N–H and O–H groups in total. The molecule has 2 fully saturated rings. The molecule has 4 unspecified atom stereocenters. The molecule has 0 aromatic rings. The fraction of sp³-hybridized carbons (Fsp3) is 1.00. The Hall–Kier alpha value is -0.0400. The lowest BCUT2D eigenvalue weighted by Crippen LogP contribution is -2.30. The van der Waals surface area contributed by atoms with E-state index in [1.165, 1.54) is 38.5 Å². The third-order valence-electron chi connectivity index (χ3n) is 4.36. The summed E-state index contributed by atoms with van der Waals surface area (Å²) < 4.78 is 0. The van der Waals surface area contributed by atoms with Gasteiger partial charge in [0.05, 0.1) is 0 Å². The summed E-state index contributed by atoms with van der Waals surface area (Å²) >= 11 is 0. The Morgan fingerprint density at radius 2 is 1.93 bits per heavy atom. The van der Waals surface area contributed by atoms with E-state index in [1.807, 2.05) is 0 Å². The summed E-state index contributed by atoms with van der Waals surface area (Å²) in [4.78, 5) is 0. The van der Waals surface area contributed by atoms with Crippen LogP contribution in [0.15, 0.2) is 0 Å². The minimum absolute atomic E-state index is 0.400. The lowest BCUT2D eigenvalue weighted by molar-refractivity contribution is 0.256. The second-order valence-corrected chi connectivity index (χ2v) is 7.20. The van der Waals surface area contributed by atoms with Crippen LogP contribution in [-0.4, -0.2) is 6.04 Å². The third kappa shape index (κ3) is 2.96. The molecule has 2 aliphatic rings. The van der Waals surface area contributed by atoms with Crippen molar-refractivity contribution in [3.05, 3.63) is 0 Å². The van der Waals surface area contributed by atoms with Crippen LogP contribution < -0.4 is 5.73 Å². The molecule has 0 aromatic heterocycles. The van der Waals surface area contributed by atoms with Crippen LogP contribution in [0.3, 0.4) is 0 Å². The fourth-order valence-electron chi connectivity index (χ4n) is 3.92. The first-order valence-corrected chi connectivity index (χ1v) is 6.69. The summed E-state index contributed by atoms with van der Waals surface area (Å²) in [5.74, 6) is 3.09. The van der Waals surface area contributed by atoms with Crippen LogP contribution in [-0.2, 0) is 0 Å². The molecule has 0 amide bonds. The molecular formula is C14H27N. The van der Waals surface area contributed by atoms with Gasteiger partial charge in [-0.3, -0.25) is 0 Å². The smallest absolute Gasteiger partial charge is 0.00465 e. The molecular weight excluding hydrogens is 182 g/mol. The molecule has 2 rings (SSSR count). The van der Waals surface area contributed by atoms with Crippen molar-refractivity contribution in [3.63, 3.8) is 0 Å². The molecule has 2 bridgehead atoms. The van der Waals surface area contributed by atoms with Crippen LogP contribution in [0.2, 0.25) is 0 Å². The van der Waals surface area contributed by atoms with Gasteiger partial charge in [0.15, 0.2) is 0 Å². The highest BCUT2D eigenvalue weighted by atomic mass is 14.6. The van der Waals surface area contributed by atoms with Crippen LogP contribution in [0.1, 0.15) is 59.3 Å². The van der Waals surface area contributed by atoms with Crippen molar-refractivity contribution in [2.75, 3.05) is 0 Å². The van der Waals surface area contributed by atoms with E-state index < -0.39 is 0 Å². The van der Waals surface area contributed by atoms with Crippen LogP contribution in [0.5, 0.6) is 0 Å². The Balaban J connectivity index is 1.77. The largest absolute Gasteiger partial charge is 0.328 e. The number of fused-ring (bicyclic) bond motifs is 2. The monoisotopic (exact) mass is 209 g/mol. The van der Waals surface area contributed by atoms with E-state index in [0.717, 1.165) is 17.8 Å². The summed E-state index contributed by atoms with van der Waals surface area (Å²) in [6, 6.07) is 0.439. The van der Waals surface area contributed by atoms with Gasteiger partial charge in [0.1, 0.15) is 0 Å². The van der Waals surface area contributed by atoms with Gasteiger partial charge in [-0.2, -0.15) is 0 Å². The Morgan fingerprint density at radius 3 is 2.40 bits per heavy atom. The Labute approximate surface area is 94.8 Å². The number of nitrogens with two attached hydrogens (primary N) is 1. The highest BCUT2D eigenvalue weighted by molar-refractivity contribution is 4.91. The van der Waals surface area contributed by atoms with Gasteiger partial charge >= 0.3 is 0 Å². The van der Waals surface area contributed by atoms with Gasteiger partial charge in [0.25, 0.3) is 0 Å². The van der Waals surface area contributed by atoms with Crippen molar-refractivity contribution in [1.82, 2.24) is 0 Å². The number of hydrogen-bond acceptors (Lipinski definition) is 1. The van der Waals surface area contributed by atoms with E-state index in [9.17, 15) is 0 Å². The van der Waals surface area contributed by atoms with Gasteiger partial charge in [0.2, 0.25) is 0 Å². The lowest BCUT2D eigenvalue weighted by Gasteiger charge is -2.28. The molecule has 4 atom stereocenters. The SMILES string of the molecule is CC(C)(C)CC(N)CC1CC2CCC1C2. The first-order valence-electron chi connectivity index (χ1n) is 6.69. The predicted molar refractivity (Wildman–Crippen MR) is 65.6 cm³/mol. The third-order valence-corrected chi connectivity index (χ3v) is 4.36. The highest BCUT2D eigenvalue weighted by Gasteiger charge is 2.39. The van der Waals surface area contributed by atoms with Gasteiger partial charge < -0.3 is 5.73 Å². The van der Waals surface area contributed by atoms with Crippen molar-refractivity contribution in [2.45, 2.75) is 65.3 Å². The van der Waals surface area contributed by atoms with Crippen LogP contribution in [0.4, 0.5) is 0 Å². The first-order chi connectivity index (χ1) is 6.94. The summed E-state index contributed by atoms with van der Waals surface area (Å²) in [7, 11) is 0. The molecule has 15 heavy (non-hydrogen) atoms. The molecule has 0 spiro atoms. The van der Waals surface area contributed by atoms with Crippen molar-refractivity contribution in [2.24, 2.45) is 28.9 Å². The average Bonchev–Trinajstić information content (AvgIpc) is 2.60. The summed E-state index contributed by atoms with van der Waals surface area (Å²) in [6.45, 7) is 6.90. The van der Waals surface area contributed by atoms with E-state index in [4.69, 9.17) is 5.73 Å². The van der Waals surface area contributed by atoms with Crippen molar-refractivity contribution in [1.29, 1.82) is 0 Å². The molecule has 2 aliphatic carbocycles. The summed E-state index contributed by atoms with van der Waals surface area (Å²) in [6.07, 6.45) is 8.49. The predicted octanol–water partition coefficient (Wildman–Crippen LogP) is 3.58. The van der Waals surface area contributed by atoms with E-state index in [2.05, 4.69) is 20.8 Å². The number of hydrogen-bond donors (Lipinski definition) is 1. The van der Waals surface area contributed by atoms with Crippen LogP contribution in [0.25, 0.3) is 0 Å². The minimum Gasteiger partial charge on any atom is -0.328 e. The van der Waals surface area contributed by atoms with E-state index in [0.29, 0.717) is 11.5 Å². The second-order valence-electron chi connectivity index (χ2n) is 7.20. The van der Waals surface area contributed by atoms with E-state index in [1.54, 1.807) is 0 Å². The fourth-order valence-corrected chi connectivity index (χ4v) is 3.92. The van der Waals surface area contributed by atoms with Crippen molar-refractivity contribution in [3.8, 4) is 0 Å². The number of rotatable bonds is 3. The summed E-state index contributed by atoms with van der Waals surface area (Å²) in [5.41, 5.74) is 6.67. The van der Waals surface area contributed by atoms with Gasteiger partial charge in [-0.25, -0.2) is 0 Å². The first kappa shape index (κ1) is 11.4. The average molecular weight is 209 g/mol. The maximum Gasteiger partial charge on any atom is 0.00465 e. The minimum atomic E-state index is 0.400. The topological polar surface area (TPSA) is 26.0 Å². The maximum atomic E-state index is 6.27. The Bertz CT molecular complexity index is 216. The Morgan fingerprint density at radius 1 is 1.20 bits per heavy atom. The van der Waals surface area contributed by atoms with Crippen LogP contribution >= 0.6 is 0 Å². The van der Waals surface area contributed by atoms with Gasteiger partial charge in [-0.15, -0.1) is 0 Å². The molecule has 0 radical (unpaired) electrons. The quantitative estimate of drug-likeness (QED) is 0.755. The highest BCUT2D eigenvalue weighted by Crippen LogP contribution is 2.50. The zero-order valence-corrected chi connectivity index (χ0v) is 10.6. The zero-order chi connectivity index (χ0) is 11.1. The standard InChI is InChI=1S/C14H27N/c1-14(2,3)9-13(15)8-12-7-10-4-5-11(12)6-10/h10-13H,4-9,15H2,1-3H3. The molecule has 0 heterocycles. The van der Waals surface area contributed by atoms with Crippen molar-refractivity contribution < 1.29 is 0 Å². The normalized spacial score (nSPS) is 37.2. The van der Waals surface area contributed by atoms with Gasteiger partial charge in [-0.05, 0) is 55.3 Å². The van der Waals surface area contributed by atoms with Gasteiger partial charge in [-0.1, -0.05) is 27.2 Å². The molecule has 0 aliphatic heterocycles. The molecule has 2 saturated carbocycles. The molecule has 0 saturated heterocycles. The Kier molecular flexibility index (Phi) is 3.12. The lowest BCUT2D eigenvalue weighted by atomic mass is 9.80. The van der Waals surface area contributed by atoms with Gasteiger partial charge in [0, 0.05) is 6.04 Å².